The zero-order valence-electron chi connectivity index (χ0n) is 11.4. The van der Waals surface area contributed by atoms with Crippen LogP contribution in [-0.2, 0) is 0 Å². The molecule has 0 saturated carbocycles. The van der Waals surface area contributed by atoms with Crippen molar-refractivity contribution in [2.45, 2.75) is 20.3 Å². The molecule has 0 amide bonds. The Morgan fingerprint density at radius 1 is 1.00 bits per heavy atom. The summed E-state index contributed by atoms with van der Waals surface area (Å²) in [7, 11) is 0. The number of nitrogens with one attached hydrogen (secondary N) is 1. The second-order valence-corrected chi connectivity index (χ2v) is 4.88. The number of anilines is 1. The third-order valence-electron chi connectivity index (χ3n) is 3.53. The Bertz CT molecular complexity index is 732. The lowest BCUT2D eigenvalue weighted by Gasteiger charge is -2.12. The van der Waals surface area contributed by atoms with Crippen molar-refractivity contribution in [3.8, 4) is 0 Å². The van der Waals surface area contributed by atoms with Crippen LogP contribution in [0.4, 0.5) is 5.69 Å². The molecule has 3 aromatic rings. The summed E-state index contributed by atoms with van der Waals surface area (Å²) in [5.41, 5.74) is 4.63. The monoisotopic (exact) mass is 250 g/mol. The van der Waals surface area contributed by atoms with E-state index in [1.54, 1.807) is 0 Å². The van der Waals surface area contributed by atoms with E-state index in [-0.39, 0.29) is 0 Å². The van der Waals surface area contributed by atoms with Gasteiger partial charge in [0.25, 0.3) is 0 Å². The van der Waals surface area contributed by atoms with Crippen LogP contribution < -0.4 is 5.32 Å². The Hall–Kier alpha value is -2.09. The Kier molecular flexibility index (Phi) is 3.08. The second kappa shape index (κ2) is 4.88. The Balaban J connectivity index is 2.32. The summed E-state index contributed by atoms with van der Waals surface area (Å²) in [4.78, 5) is 4.77. The van der Waals surface area contributed by atoms with Crippen LogP contribution in [0.2, 0.25) is 0 Å². The molecule has 1 heterocycles. The molecule has 0 spiro atoms. The van der Waals surface area contributed by atoms with Gasteiger partial charge in [-0.3, -0.25) is 0 Å². The first kappa shape index (κ1) is 12.0. The average Bonchev–Trinajstić information content (AvgIpc) is 2.45. The SMILES string of the molecule is CCCNc1cccc2nc3ccccc3c(C)c12. The van der Waals surface area contributed by atoms with Crippen LogP contribution in [0.3, 0.4) is 0 Å². The predicted octanol–water partition coefficient (Wildman–Crippen LogP) is 4.52. The van der Waals surface area contributed by atoms with E-state index >= 15 is 0 Å². The summed E-state index contributed by atoms with van der Waals surface area (Å²) in [5.74, 6) is 0. The smallest absolute Gasteiger partial charge is 0.0733 e. The molecule has 0 aliphatic carbocycles. The van der Waals surface area contributed by atoms with Gasteiger partial charge >= 0.3 is 0 Å². The van der Waals surface area contributed by atoms with Crippen molar-refractivity contribution in [3.63, 3.8) is 0 Å². The fraction of sp³-hybridized carbons (Fsp3) is 0.235. The van der Waals surface area contributed by atoms with Gasteiger partial charge in [0.15, 0.2) is 0 Å². The standard InChI is InChI=1S/C17H18N2/c1-3-11-18-15-9-6-10-16-17(15)12(2)13-7-4-5-8-14(13)19-16/h4-10,18H,3,11H2,1-2H3. The van der Waals surface area contributed by atoms with E-state index in [0.717, 1.165) is 24.0 Å². The summed E-state index contributed by atoms with van der Waals surface area (Å²) in [6, 6.07) is 14.6. The number of hydrogen-bond donors (Lipinski definition) is 1. The maximum Gasteiger partial charge on any atom is 0.0733 e. The molecule has 0 unspecified atom stereocenters. The number of para-hydroxylation sites is 1. The van der Waals surface area contributed by atoms with Crippen LogP contribution in [0.25, 0.3) is 21.8 Å². The third kappa shape index (κ3) is 2.03. The number of pyridine rings is 1. The molecule has 96 valence electrons. The van der Waals surface area contributed by atoms with Gasteiger partial charge in [-0.15, -0.1) is 0 Å². The lowest BCUT2D eigenvalue weighted by molar-refractivity contribution is 0.981. The fourth-order valence-corrected chi connectivity index (χ4v) is 2.59. The van der Waals surface area contributed by atoms with Gasteiger partial charge in [0.2, 0.25) is 0 Å². The third-order valence-corrected chi connectivity index (χ3v) is 3.53. The second-order valence-electron chi connectivity index (χ2n) is 4.88. The highest BCUT2D eigenvalue weighted by Gasteiger charge is 2.08. The number of rotatable bonds is 3. The fourth-order valence-electron chi connectivity index (χ4n) is 2.59. The van der Waals surface area contributed by atoms with Crippen molar-refractivity contribution in [2.24, 2.45) is 0 Å². The number of benzene rings is 2. The first-order chi connectivity index (χ1) is 9.31. The highest BCUT2D eigenvalue weighted by atomic mass is 14.9. The molecule has 0 aliphatic rings. The maximum absolute atomic E-state index is 4.77. The molecule has 19 heavy (non-hydrogen) atoms. The molecule has 2 heteroatoms. The molecular formula is C17H18N2. The number of fused-ring (bicyclic) bond motifs is 2. The van der Waals surface area contributed by atoms with Gasteiger partial charge in [-0.1, -0.05) is 31.2 Å². The Morgan fingerprint density at radius 2 is 1.79 bits per heavy atom. The van der Waals surface area contributed by atoms with Crippen molar-refractivity contribution in [1.82, 2.24) is 4.98 Å². The van der Waals surface area contributed by atoms with Gasteiger partial charge in [-0.2, -0.15) is 0 Å². The van der Waals surface area contributed by atoms with Gasteiger partial charge in [0, 0.05) is 23.0 Å². The van der Waals surface area contributed by atoms with Crippen molar-refractivity contribution in [2.75, 3.05) is 11.9 Å². The predicted molar refractivity (Wildman–Crippen MR) is 82.8 cm³/mol. The quantitative estimate of drug-likeness (QED) is 0.691. The minimum absolute atomic E-state index is 0.991. The van der Waals surface area contributed by atoms with Gasteiger partial charge in [-0.05, 0) is 37.1 Å². The highest BCUT2D eigenvalue weighted by Crippen LogP contribution is 2.30. The van der Waals surface area contributed by atoms with E-state index in [1.165, 1.54) is 22.0 Å². The van der Waals surface area contributed by atoms with E-state index in [9.17, 15) is 0 Å². The summed E-state index contributed by atoms with van der Waals surface area (Å²) in [6.07, 6.45) is 1.12. The molecule has 3 rings (SSSR count). The molecule has 1 aromatic heterocycles. The maximum atomic E-state index is 4.77. The first-order valence-corrected chi connectivity index (χ1v) is 6.83. The van der Waals surface area contributed by atoms with Crippen LogP contribution in [0.5, 0.6) is 0 Å². The van der Waals surface area contributed by atoms with Crippen molar-refractivity contribution >= 4 is 27.5 Å². The van der Waals surface area contributed by atoms with E-state index in [0.29, 0.717) is 0 Å². The molecule has 0 atom stereocenters. The average molecular weight is 250 g/mol. The molecule has 0 aliphatic heterocycles. The van der Waals surface area contributed by atoms with Crippen LogP contribution in [-0.4, -0.2) is 11.5 Å². The zero-order chi connectivity index (χ0) is 13.2. The van der Waals surface area contributed by atoms with Crippen LogP contribution in [0, 0.1) is 6.92 Å². The topological polar surface area (TPSA) is 24.9 Å². The van der Waals surface area contributed by atoms with E-state index in [4.69, 9.17) is 4.98 Å². The summed E-state index contributed by atoms with van der Waals surface area (Å²) >= 11 is 0. The van der Waals surface area contributed by atoms with E-state index in [2.05, 4.69) is 55.6 Å². The number of hydrogen-bond acceptors (Lipinski definition) is 2. The molecule has 2 nitrogen and oxygen atoms in total. The van der Waals surface area contributed by atoms with Crippen molar-refractivity contribution < 1.29 is 0 Å². The summed E-state index contributed by atoms with van der Waals surface area (Å²) in [6.45, 7) is 5.35. The molecule has 2 aromatic carbocycles. The van der Waals surface area contributed by atoms with Crippen LogP contribution in [0.15, 0.2) is 42.5 Å². The molecule has 0 fully saturated rings. The van der Waals surface area contributed by atoms with Gasteiger partial charge in [0.1, 0.15) is 0 Å². The number of aryl methyl sites for hydroxylation is 1. The molecule has 0 bridgehead atoms. The van der Waals surface area contributed by atoms with Crippen molar-refractivity contribution in [1.29, 1.82) is 0 Å². The molecule has 0 radical (unpaired) electrons. The molecule has 0 saturated heterocycles. The minimum Gasteiger partial charge on any atom is -0.385 e. The zero-order valence-corrected chi connectivity index (χ0v) is 11.4. The van der Waals surface area contributed by atoms with Gasteiger partial charge in [-0.25, -0.2) is 4.98 Å². The Morgan fingerprint density at radius 3 is 2.63 bits per heavy atom. The van der Waals surface area contributed by atoms with E-state index < -0.39 is 0 Å². The lowest BCUT2D eigenvalue weighted by Crippen LogP contribution is -2.01. The van der Waals surface area contributed by atoms with Crippen LogP contribution in [0.1, 0.15) is 18.9 Å². The molecule has 1 N–H and O–H groups in total. The minimum atomic E-state index is 0.991. The number of nitrogens with zero attached hydrogens (tertiary/aromatic N) is 1. The Labute approximate surface area is 113 Å². The summed E-state index contributed by atoms with van der Waals surface area (Å²) in [5, 5.41) is 5.98. The van der Waals surface area contributed by atoms with E-state index in [1.807, 2.05) is 6.07 Å². The van der Waals surface area contributed by atoms with Crippen molar-refractivity contribution in [3.05, 3.63) is 48.0 Å². The highest BCUT2D eigenvalue weighted by molar-refractivity contribution is 6.03. The normalized spacial score (nSPS) is 11.1. The van der Waals surface area contributed by atoms with Gasteiger partial charge in [0.05, 0.1) is 11.0 Å². The van der Waals surface area contributed by atoms with Crippen LogP contribution >= 0.6 is 0 Å². The van der Waals surface area contributed by atoms with Gasteiger partial charge < -0.3 is 5.32 Å². The largest absolute Gasteiger partial charge is 0.385 e. The lowest BCUT2D eigenvalue weighted by atomic mass is 10.0. The molecular weight excluding hydrogens is 232 g/mol. The summed E-state index contributed by atoms with van der Waals surface area (Å²) < 4.78 is 0. The number of aromatic nitrogens is 1. The first-order valence-electron chi connectivity index (χ1n) is 6.83.